The second-order valence-corrected chi connectivity index (χ2v) is 3.70. The van der Waals surface area contributed by atoms with Crippen LogP contribution in [0.5, 0.6) is 0 Å². The molecule has 0 aliphatic rings. The summed E-state index contributed by atoms with van der Waals surface area (Å²) in [4.78, 5) is 13.9. The summed E-state index contributed by atoms with van der Waals surface area (Å²) >= 11 is 0. The zero-order chi connectivity index (χ0) is 12.8. The Kier molecular flexibility index (Phi) is 4.58. The van der Waals surface area contributed by atoms with Crippen molar-refractivity contribution in [3.8, 4) is 12.3 Å². The normalized spacial score (nSPS) is 9.94. The second-order valence-electron chi connectivity index (χ2n) is 3.70. The van der Waals surface area contributed by atoms with Crippen molar-refractivity contribution < 1.29 is 4.79 Å². The summed E-state index contributed by atoms with van der Waals surface area (Å²) in [7, 11) is 0. The van der Waals surface area contributed by atoms with Gasteiger partial charge in [0.05, 0.1) is 18.4 Å². The van der Waals surface area contributed by atoms with Crippen molar-refractivity contribution in [3.05, 3.63) is 11.9 Å². The monoisotopic (exact) mass is 234 g/mol. The van der Waals surface area contributed by atoms with E-state index in [1.165, 1.54) is 6.20 Å². The Morgan fingerprint density at radius 3 is 2.88 bits per heavy atom. The van der Waals surface area contributed by atoms with Gasteiger partial charge in [0.1, 0.15) is 5.69 Å². The van der Waals surface area contributed by atoms with E-state index in [0.29, 0.717) is 31.0 Å². The molecule has 0 fully saturated rings. The molecule has 0 atom stereocenters. The molecule has 92 valence electrons. The first-order chi connectivity index (χ1) is 8.15. The number of carbonyl (C=O) groups excluding carboxylic acids is 1. The van der Waals surface area contributed by atoms with Crippen molar-refractivity contribution >= 4 is 11.6 Å². The van der Waals surface area contributed by atoms with E-state index in [4.69, 9.17) is 12.2 Å². The number of aryl methyl sites for hydroxylation is 1. The van der Waals surface area contributed by atoms with Crippen LogP contribution >= 0.6 is 0 Å². The van der Waals surface area contributed by atoms with Gasteiger partial charge in [-0.15, -0.1) is 6.42 Å². The largest absolute Gasteiger partial charge is 0.396 e. The molecule has 0 aliphatic heterocycles. The molecule has 1 aromatic rings. The molecule has 1 rings (SSSR count). The lowest BCUT2D eigenvalue weighted by molar-refractivity contribution is 0.0765. The second kappa shape index (κ2) is 5.94. The van der Waals surface area contributed by atoms with Gasteiger partial charge in [-0.2, -0.15) is 5.10 Å². The minimum atomic E-state index is -0.151. The zero-order valence-electron chi connectivity index (χ0n) is 10.3. The Balaban J connectivity index is 3.00. The van der Waals surface area contributed by atoms with E-state index in [2.05, 4.69) is 11.0 Å². The van der Waals surface area contributed by atoms with Crippen LogP contribution in [0.2, 0.25) is 0 Å². The summed E-state index contributed by atoms with van der Waals surface area (Å²) in [5.74, 6) is 2.34. The average Bonchev–Trinajstić information content (AvgIpc) is 2.69. The molecule has 0 aliphatic carbocycles. The highest BCUT2D eigenvalue weighted by molar-refractivity contribution is 5.97. The molecule has 0 unspecified atom stereocenters. The van der Waals surface area contributed by atoms with Crippen molar-refractivity contribution in [3.63, 3.8) is 0 Å². The highest BCUT2D eigenvalue weighted by Gasteiger charge is 2.21. The fourth-order valence-corrected chi connectivity index (χ4v) is 1.66. The van der Waals surface area contributed by atoms with E-state index < -0.39 is 0 Å². The SMILES string of the molecule is C#CCN(CCC)C(=O)c1c(N)cnn1CC. The van der Waals surface area contributed by atoms with Crippen LogP contribution in [0.15, 0.2) is 6.20 Å². The number of nitrogens with zero attached hydrogens (tertiary/aromatic N) is 3. The number of amides is 1. The van der Waals surface area contributed by atoms with Crippen LogP contribution in [0.3, 0.4) is 0 Å². The predicted octanol–water partition coefficient (Wildman–Crippen LogP) is 0.971. The van der Waals surface area contributed by atoms with E-state index in [0.717, 1.165) is 6.42 Å². The van der Waals surface area contributed by atoms with Gasteiger partial charge in [-0.05, 0) is 13.3 Å². The Bertz CT molecular complexity index is 430. The third-order valence-electron chi connectivity index (χ3n) is 2.43. The summed E-state index contributed by atoms with van der Waals surface area (Å²) in [6.45, 7) is 5.43. The number of hydrogen-bond acceptors (Lipinski definition) is 3. The lowest BCUT2D eigenvalue weighted by atomic mass is 10.3. The van der Waals surface area contributed by atoms with E-state index in [1.807, 2.05) is 13.8 Å². The van der Waals surface area contributed by atoms with E-state index in [9.17, 15) is 4.79 Å². The first-order valence-electron chi connectivity index (χ1n) is 5.69. The van der Waals surface area contributed by atoms with Crippen LogP contribution in [-0.4, -0.2) is 33.7 Å². The summed E-state index contributed by atoms with van der Waals surface area (Å²) < 4.78 is 1.59. The molecule has 2 N–H and O–H groups in total. The van der Waals surface area contributed by atoms with E-state index >= 15 is 0 Å². The Morgan fingerprint density at radius 2 is 2.35 bits per heavy atom. The highest BCUT2D eigenvalue weighted by Crippen LogP contribution is 2.13. The average molecular weight is 234 g/mol. The van der Waals surface area contributed by atoms with Crippen LogP contribution in [0.25, 0.3) is 0 Å². The number of aromatic nitrogens is 2. The Labute approximate surface area is 102 Å². The first-order valence-corrected chi connectivity index (χ1v) is 5.69. The van der Waals surface area contributed by atoms with E-state index in [1.54, 1.807) is 9.58 Å². The van der Waals surface area contributed by atoms with Crippen LogP contribution in [0.4, 0.5) is 5.69 Å². The molecule has 17 heavy (non-hydrogen) atoms. The number of terminal acetylenes is 1. The summed E-state index contributed by atoms with van der Waals surface area (Å²) in [5.41, 5.74) is 6.59. The topological polar surface area (TPSA) is 64.2 Å². The molecular formula is C12H18N4O. The fraction of sp³-hybridized carbons (Fsp3) is 0.500. The van der Waals surface area contributed by atoms with Gasteiger partial charge in [-0.25, -0.2) is 0 Å². The lowest BCUT2D eigenvalue weighted by Crippen LogP contribution is -2.34. The minimum Gasteiger partial charge on any atom is -0.396 e. The lowest BCUT2D eigenvalue weighted by Gasteiger charge is -2.20. The number of anilines is 1. The number of rotatable bonds is 5. The molecule has 0 bridgehead atoms. The molecule has 0 aromatic carbocycles. The van der Waals surface area contributed by atoms with Crippen LogP contribution in [0, 0.1) is 12.3 Å². The van der Waals surface area contributed by atoms with Crippen LogP contribution in [0.1, 0.15) is 30.8 Å². The maximum absolute atomic E-state index is 12.3. The summed E-state index contributed by atoms with van der Waals surface area (Å²) in [6.07, 6.45) is 7.61. The van der Waals surface area contributed by atoms with Crippen LogP contribution in [-0.2, 0) is 6.54 Å². The van der Waals surface area contributed by atoms with Crippen molar-refractivity contribution in [2.24, 2.45) is 0 Å². The summed E-state index contributed by atoms with van der Waals surface area (Å²) in [6, 6.07) is 0. The predicted molar refractivity (Wildman–Crippen MR) is 67.3 cm³/mol. The summed E-state index contributed by atoms with van der Waals surface area (Å²) in [5, 5.41) is 4.05. The molecule has 1 heterocycles. The fourth-order valence-electron chi connectivity index (χ4n) is 1.66. The quantitative estimate of drug-likeness (QED) is 0.772. The number of hydrogen-bond donors (Lipinski definition) is 1. The number of nitrogen functional groups attached to an aromatic ring is 1. The molecule has 1 aromatic heterocycles. The van der Waals surface area contributed by atoms with Gasteiger partial charge >= 0.3 is 0 Å². The van der Waals surface area contributed by atoms with Gasteiger partial charge in [0.15, 0.2) is 0 Å². The maximum Gasteiger partial charge on any atom is 0.275 e. The minimum absolute atomic E-state index is 0.151. The van der Waals surface area contributed by atoms with E-state index in [-0.39, 0.29) is 5.91 Å². The van der Waals surface area contributed by atoms with Gasteiger partial charge in [-0.1, -0.05) is 12.8 Å². The Morgan fingerprint density at radius 1 is 1.65 bits per heavy atom. The molecule has 0 spiro atoms. The van der Waals surface area contributed by atoms with Gasteiger partial charge < -0.3 is 10.6 Å². The smallest absolute Gasteiger partial charge is 0.275 e. The zero-order valence-corrected chi connectivity index (χ0v) is 10.3. The van der Waals surface area contributed by atoms with Crippen molar-refractivity contribution in [1.82, 2.24) is 14.7 Å². The van der Waals surface area contributed by atoms with Gasteiger partial charge in [-0.3, -0.25) is 9.48 Å². The molecule has 5 heteroatoms. The standard InChI is InChI=1S/C12H18N4O/c1-4-7-15(8-5-2)12(17)11-10(13)9-14-16(11)6-3/h1,9H,5-8,13H2,2-3H3. The third kappa shape index (κ3) is 2.78. The van der Waals surface area contributed by atoms with Crippen molar-refractivity contribution in [1.29, 1.82) is 0 Å². The number of carbonyl (C=O) groups is 1. The van der Waals surface area contributed by atoms with Crippen LogP contribution < -0.4 is 5.73 Å². The van der Waals surface area contributed by atoms with Gasteiger partial charge in [0.2, 0.25) is 0 Å². The molecular weight excluding hydrogens is 216 g/mol. The van der Waals surface area contributed by atoms with Gasteiger partial charge in [0.25, 0.3) is 5.91 Å². The van der Waals surface area contributed by atoms with Crippen molar-refractivity contribution in [2.75, 3.05) is 18.8 Å². The Hall–Kier alpha value is -1.96. The highest BCUT2D eigenvalue weighted by atomic mass is 16.2. The van der Waals surface area contributed by atoms with Crippen molar-refractivity contribution in [2.45, 2.75) is 26.8 Å². The molecule has 0 radical (unpaired) electrons. The molecule has 5 nitrogen and oxygen atoms in total. The molecule has 1 amide bonds. The number of nitrogens with two attached hydrogens (primary N) is 1. The maximum atomic E-state index is 12.3. The molecule has 0 saturated carbocycles. The molecule has 0 saturated heterocycles. The van der Waals surface area contributed by atoms with Gasteiger partial charge in [0, 0.05) is 13.1 Å². The third-order valence-corrected chi connectivity index (χ3v) is 2.43. The first kappa shape index (κ1) is 13.1.